The van der Waals surface area contributed by atoms with Crippen molar-refractivity contribution in [1.29, 1.82) is 0 Å². The third-order valence-electron chi connectivity index (χ3n) is 3.09. The molecule has 0 spiro atoms. The molecular formula is C10H18N2O. The molecule has 0 saturated heterocycles. The molecule has 0 aromatic rings. The molecule has 0 saturated carbocycles. The highest BCUT2D eigenvalue weighted by molar-refractivity contribution is 5.21. The normalized spacial score (nSPS) is 29.3. The van der Waals surface area contributed by atoms with Crippen molar-refractivity contribution in [2.24, 2.45) is 0 Å². The minimum Gasteiger partial charge on any atom is -0.389 e. The molecule has 1 unspecified atom stereocenters. The molecular weight excluding hydrogens is 164 g/mol. The van der Waals surface area contributed by atoms with Crippen LogP contribution in [0, 0.1) is 0 Å². The fourth-order valence-electron chi connectivity index (χ4n) is 2.42. The average Bonchev–Trinajstić information content (AvgIpc) is 2.12. The van der Waals surface area contributed by atoms with Gasteiger partial charge in [0.1, 0.15) is 5.82 Å². The van der Waals surface area contributed by atoms with Crippen LogP contribution < -0.4 is 0 Å². The van der Waals surface area contributed by atoms with Crippen molar-refractivity contribution in [1.82, 2.24) is 9.80 Å². The van der Waals surface area contributed by atoms with E-state index in [0.717, 1.165) is 25.9 Å². The van der Waals surface area contributed by atoms with Crippen molar-refractivity contribution in [3.05, 3.63) is 11.4 Å². The zero-order valence-electron chi connectivity index (χ0n) is 8.45. The second-order valence-electron chi connectivity index (χ2n) is 4.10. The predicted octanol–water partition coefficient (Wildman–Crippen LogP) is 0.620. The van der Waals surface area contributed by atoms with Gasteiger partial charge in [0.25, 0.3) is 0 Å². The predicted molar refractivity (Wildman–Crippen MR) is 52.1 cm³/mol. The fourth-order valence-corrected chi connectivity index (χ4v) is 2.42. The van der Waals surface area contributed by atoms with Gasteiger partial charge >= 0.3 is 0 Å². The first kappa shape index (κ1) is 8.88. The molecule has 1 atom stereocenters. The Morgan fingerprint density at radius 3 is 2.62 bits per heavy atom. The van der Waals surface area contributed by atoms with E-state index in [1.165, 1.54) is 17.8 Å². The maximum Gasteiger partial charge on any atom is 0.105 e. The van der Waals surface area contributed by atoms with Crippen LogP contribution in [0.15, 0.2) is 11.4 Å². The van der Waals surface area contributed by atoms with Crippen LogP contribution in [0.25, 0.3) is 0 Å². The van der Waals surface area contributed by atoms with Crippen LogP contribution in [0.3, 0.4) is 0 Å². The van der Waals surface area contributed by atoms with Gasteiger partial charge in [-0.3, -0.25) is 0 Å². The molecule has 2 heterocycles. The number of nitrogens with zero attached hydrogens (tertiary/aromatic N) is 2. The number of rotatable bonds is 0. The Kier molecular flexibility index (Phi) is 2.20. The van der Waals surface area contributed by atoms with E-state index < -0.39 is 0 Å². The number of aliphatic hydroxyl groups excluding tert-OH is 1. The SMILES string of the molecule is CN1CCCC2=C1N(C)CCC2O. The smallest absolute Gasteiger partial charge is 0.105 e. The maximum absolute atomic E-state index is 9.83. The summed E-state index contributed by atoms with van der Waals surface area (Å²) in [5.74, 6) is 1.27. The molecule has 0 aliphatic carbocycles. The van der Waals surface area contributed by atoms with E-state index in [1.54, 1.807) is 0 Å². The standard InChI is InChI=1S/C10H18N2O/c1-11-6-3-4-8-9(13)5-7-12(2)10(8)11/h9,13H,3-7H2,1-2H3. The molecule has 0 fully saturated rings. The summed E-state index contributed by atoms with van der Waals surface area (Å²) in [4.78, 5) is 4.53. The lowest BCUT2D eigenvalue weighted by Crippen LogP contribution is -2.42. The maximum atomic E-state index is 9.83. The van der Waals surface area contributed by atoms with Crippen molar-refractivity contribution in [3.63, 3.8) is 0 Å². The first-order valence-corrected chi connectivity index (χ1v) is 5.03. The quantitative estimate of drug-likeness (QED) is 0.595. The molecule has 74 valence electrons. The minimum atomic E-state index is -0.186. The number of hydrogen-bond acceptors (Lipinski definition) is 3. The lowest BCUT2D eigenvalue weighted by Gasteiger charge is -2.41. The molecule has 13 heavy (non-hydrogen) atoms. The van der Waals surface area contributed by atoms with E-state index in [2.05, 4.69) is 23.9 Å². The summed E-state index contributed by atoms with van der Waals surface area (Å²) < 4.78 is 0. The molecule has 0 bridgehead atoms. The Balaban J connectivity index is 2.33. The number of hydrogen-bond donors (Lipinski definition) is 1. The van der Waals surface area contributed by atoms with E-state index in [1.807, 2.05) is 0 Å². The molecule has 0 aromatic carbocycles. The van der Waals surface area contributed by atoms with Gasteiger partial charge in [-0.25, -0.2) is 0 Å². The van der Waals surface area contributed by atoms with Gasteiger partial charge in [-0.1, -0.05) is 0 Å². The average molecular weight is 182 g/mol. The van der Waals surface area contributed by atoms with Gasteiger partial charge in [-0.2, -0.15) is 0 Å². The van der Waals surface area contributed by atoms with Crippen LogP contribution in [-0.4, -0.2) is 48.2 Å². The van der Waals surface area contributed by atoms with Crippen molar-refractivity contribution in [2.45, 2.75) is 25.4 Å². The van der Waals surface area contributed by atoms with Crippen LogP contribution in [0.2, 0.25) is 0 Å². The molecule has 2 aliphatic rings. The van der Waals surface area contributed by atoms with Crippen LogP contribution >= 0.6 is 0 Å². The Morgan fingerprint density at radius 2 is 1.92 bits per heavy atom. The van der Waals surface area contributed by atoms with Gasteiger partial charge in [0.15, 0.2) is 0 Å². The summed E-state index contributed by atoms with van der Waals surface area (Å²) >= 11 is 0. The van der Waals surface area contributed by atoms with Crippen molar-refractivity contribution < 1.29 is 5.11 Å². The van der Waals surface area contributed by atoms with Crippen molar-refractivity contribution in [2.75, 3.05) is 27.2 Å². The molecule has 2 rings (SSSR count). The monoisotopic (exact) mass is 182 g/mol. The molecule has 0 radical (unpaired) electrons. The van der Waals surface area contributed by atoms with E-state index in [0.29, 0.717) is 0 Å². The van der Waals surface area contributed by atoms with Gasteiger partial charge in [0.05, 0.1) is 6.10 Å². The van der Waals surface area contributed by atoms with Crippen LogP contribution in [0.4, 0.5) is 0 Å². The van der Waals surface area contributed by atoms with E-state index in [9.17, 15) is 5.11 Å². The largest absolute Gasteiger partial charge is 0.389 e. The summed E-state index contributed by atoms with van der Waals surface area (Å²) in [6.07, 6.45) is 2.96. The highest BCUT2D eigenvalue weighted by Gasteiger charge is 2.28. The molecule has 1 N–H and O–H groups in total. The first-order valence-electron chi connectivity index (χ1n) is 5.03. The summed E-state index contributed by atoms with van der Waals surface area (Å²) in [7, 11) is 4.23. The summed E-state index contributed by atoms with van der Waals surface area (Å²) in [5, 5.41) is 9.83. The zero-order chi connectivity index (χ0) is 9.42. The highest BCUT2D eigenvalue weighted by Crippen LogP contribution is 2.30. The second kappa shape index (κ2) is 3.22. The Labute approximate surface area is 79.6 Å². The fraction of sp³-hybridized carbons (Fsp3) is 0.800. The Morgan fingerprint density at radius 1 is 1.23 bits per heavy atom. The Bertz CT molecular complexity index is 231. The summed E-state index contributed by atoms with van der Waals surface area (Å²) in [5.41, 5.74) is 1.25. The second-order valence-corrected chi connectivity index (χ2v) is 4.10. The van der Waals surface area contributed by atoms with Crippen LogP contribution in [-0.2, 0) is 0 Å². The van der Waals surface area contributed by atoms with Gasteiger partial charge in [-0.05, 0) is 24.8 Å². The molecule has 2 aliphatic heterocycles. The topological polar surface area (TPSA) is 26.7 Å². The third-order valence-corrected chi connectivity index (χ3v) is 3.09. The summed E-state index contributed by atoms with van der Waals surface area (Å²) in [6, 6.07) is 0. The Hall–Kier alpha value is -0.700. The minimum absolute atomic E-state index is 0.186. The highest BCUT2D eigenvalue weighted by atomic mass is 16.3. The molecule has 0 aromatic heterocycles. The van der Waals surface area contributed by atoms with Crippen LogP contribution in [0.5, 0.6) is 0 Å². The lowest BCUT2D eigenvalue weighted by atomic mass is 9.95. The third kappa shape index (κ3) is 1.41. The van der Waals surface area contributed by atoms with E-state index >= 15 is 0 Å². The van der Waals surface area contributed by atoms with Gasteiger partial charge in [-0.15, -0.1) is 0 Å². The molecule has 3 nitrogen and oxygen atoms in total. The van der Waals surface area contributed by atoms with Gasteiger partial charge in [0, 0.05) is 27.2 Å². The zero-order valence-corrected chi connectivity index (χ0v) is 8.45. The summed E-state index contributed by atoms with van der Waals surface area (Å²) in [6.45, 7) is 2.10. The first-order chi connectivity index (χ1) is 6.20. The molecule has 3 heteroatoms. The van der Waals surface area contributed by atoms with E-state index in [-0.39, 0.29) is 6.10 Å². The van der Waals surface area contributed by atoms with Crippen LogP contribution in [0.1, 0.15) is 19.3 Å². The van der Waals surface area contributed by atoms with Gasteiger partial charge < -0.3 is 14.9 Å². The molecule has 0 amide bonds. The van der Waals surface area contributed by atoms with E-state index in [4.69, 9.17) is 0 Å². The van der Waals surface area contributed by atoms with Crippen molar-refractivity contribution in [3.8, 4) is 0 Å². The van der Waals surface area contributed by atoms with Crippen molar-refractivity contribution >= 4 is 0 Å². The number of aliphatic hydroxyl groups is 1. The van der Waals surface area contributed by atoms with Gasteiger partial charge in [0.2, 0.25) is 0 Å². The lowest BCUT2D eigenvalue weighted by molar-refractivity contribution is 0.123.